The minimum Gasteiger partial charge on any atom is -0.491 e. The Labute approximate surface area is 145 Å². The third kappa shape index (κ3) is 4.41. The predicted octanol–water partition coefficient (Wildman–Crippen LogP) is 2.99. The van der Waals surface area contributed by atoms with Gasteiger partial charge in [0.2, 0.25) is 0 Å². The van der Waals surface area contributed by atoms with Crippen molar-refractivity contribution in [3.05, 3.63) is 29.3 Å². The van der Waals surface area contributed by atoms with E-state index in [9.17, 15) is 4.79 Å². The minimum absolute atomic E-state index is 0.00753. The highest BCUT2D eigenvalue weighted by molar-refractivity contribution is 5.74. The summed E-state index contributed by atoms with van der Waals surface area (Å²) in [6, 6.07) is 6.46. The Kier molecular flexibility index (Phi) is 5.96. The number of amides is 2. The highest BCUT2D eigenvalue weighted by Crippen LogP contribution is 2.25. The lowest BCUT2D eigenvalue weighted by molar-refractivity contribution is 0.188. The van der Waals surface area contributed by atoms with Gasteiger partial charge in [0.25, 0.3) is 0 Å². The molecular formula is C19H29N3O2. The number of benzene rings is 1. The number of carbonyl (C=O) groups is 1. The van der Waals surface area contributed by atoms with Crippen LogP contribution in [0.3, 0.4) is 0 Å². The minimum atomic E-state index is -0.00753. The number of hydrogen-bond donors (Lipinski definition) is 1. The SMILES string of the molecule is CCNC(=O)N1CCOc2ccc(CN3CCCCCC3)cc2C1. The molecule has 0 saturated carbocycles. The average Bonchev–Trinajstić information content (AvgIpc) is 2.95. The fraction of sp³-hybridized carbons (Fsp3) is 0.632. The van der Waals surface area contributed by atoms with E-state index >= 15 is 0 Å². The quantitative estimate of drug-likeness (QED) is 0.926. The van der Waals surface area contributed by atoms with Crippen LogP contribution in [0.25, 0.3) is 0 Å². The molecule has 2 amide bonds. The third-order valence-corrected chi connectivity index (χ3v) is 4.82. The van der Waals surface area contributed by atoms with Gasteiger partial charge in [-0.05, 0) is 50.6 Å². The van der Waals surface area contributed by atoms with Crippen LogP contribution in [-0.2, 0) is 13.1 Å². The molecule has 0 bridgehead atoms. The molecule has 5 nitrogen and oxygen atoms in total. The number of hydrogen-bond acceptors (Lipinski definition) is 3. The maximum Gasteiger partial charge on any atom is 0.317 e. The molecule has 1 aromatic carbocycles. The smallest absolute Gasteiger partial charge is 0.317 e. The van der Waals surface area contributed by atoms with Crippen molar-refractivity contribution in [3.63, 3.8) is 0 Å². The lowest BCUT2D eigenvalue weighted by atomic mass is 10.1. The monoisotopic (exact) mass is 331 g/mol. The van der Waals surface area contributed by atoms with E-state index in [2.05, 4.69) is 28.4 Å². The van der Waals surface area contributed by atoms with Crippen molar-refractivity contribution >= 4 is 6.03 Å². The van der Waals surface area contributed by atoms with E-state index in [1.165, 1.54) is 44.3 Å². The van der Waals surface area contributed by atoms with Gasteiger partial charge in [0.05, 0.1) is 13.1 Å². The van der Waals surface area contributed by atoms with E-state index in [1.807, 2.05) is 11.8 Å². The average molecular weight is 331 g/mol. The topological polar surface area (TPSA) is 44.8 Å². The Hall–Kier alpha value is -1.75. The number of carbonyl (C=O) groups excluding carboxylic acids is 1. The Morgan fingerprint density at radius 2 is 1.96 bits per heavy atom. The van der Waals surface area contributed by atoms with Crippen LogP contribution in [0.4, 0.5) is 4.79 Å². The number of urea groups is 1. The fourth-order valence-corrected chi connectivity index (χ4v) is 3.53. The van der Waals surface area contributed by atoms with Gasteiger partial charge < -0.3 is 15.0 Å². The van der Waals surface area contributed by atoms with Gasteiger partial charge in [-0.3, -0.25) is 4.90 Å². The second kappa shape index (κ2) is 8.38. The first-order valence-corrected chi connectivity index (χ1v) is 9.26. The summed E-state index contributed by atoms with van der Waals surface area (Å²) in [7, 11) is 0. The third-order valence-electron chi connectivity index (χ3n) is 4.82. The molecular weight excluding hydrogens is 302 g/mol. The summed E-state index contributed by atoms with van der Waals surface area (Å²) < 4.78 is 5.84. The molecule has 1 N–H and O–H groups in total. The lowest BCUT2D eigenvalue weighted by Crippen LogP contribution is -2.40. The number of ether oxygens (including phenoxy) is 1. The molecule has 2 aliphatic heterocycles. The van der Waals surface area contributed by atoms with Crippen molar-refractivity contribution in [1.29, 1.82) is 0 Å². The Balaban J connectivity index is 1.70. The van der Waals surface area contributed by atoms with Crippen molar-refractivity contribution in [2.24, 2.45) is 0 Å². The van der Waals surface area contributed by atoms with Gasteiger partial charge in [0, 0.05) is 18.7 Å². The standard InChI is InChI=1S/C19H29N3O2/c1-2-20-19(23)22-11-12-24-18-8-7-16(13-17(18)15-22)14-21-9-5-3-4-6-10-21/h7-8,13H,2-6,9-12,14-15H2,1H3,(H,20,23). The molecule has 5 heteroatoms. The zero-order chi connectivity index (χ0) is 16.8. The number of fused-ring (bicyclic) bond motifs is 1. The first-order valence-electron chi connectivity index (χ1n) is 9.26. The zero-order valence-corrected chi connectivity index (χ0v) is 14.7. The molecule has 2 aliphatic rings. The molecule has 0 radical (unpaired) electrons. The summed E-state index contributed by atoms with van der Waals surface area (Å²) >= 11 is 0. The summed E-state index contributed by atoms with van der Waals surface area (Å²) in [5.41, 5.74) is 2.43. The van der Waals surface area contributed by atoms with E-state index in [0.717, 1.165) is 17.9 Å². The van der Waals surface area contributed by atoms with Gasteiger partial charge in [-0.2, -0.15) is 0 Å². The van der Waals surface area contributed by atoms with Crippen molar-refractivity contribution in [1.82, 2.24) is 15.1 Å². The second-order valence-corrected chi connectivity index (χ2v) is 6.74. The molecule has 0 spiro atoms. The van der Waals surface area contributed by atoms with Crippen LogP contribution in [0.15, 0.2) is 18.2 Å². The highest BCUT2D eigenvalue weighted by atomic mass is 16.5. The predicted molar refractivity (Wildman–Crippen MR) is 95.2 cm³/mol. The first-order chi connectivity index (χ1) is 11.8. The van der Waals surface area contributed by atoms with Crippen molar-refractivity contribution < 1.29 is 9.53 Å². The molecule has 3 rings (SSSR count). The maximum absolute atomic E-state index is 12.2. The molecule has 0 aliphatic carbocycles. The Bertz CT molecular complexity index is 554. The van der Waals surface area contributed by atoms with Crippen LogP contribution < -0.4 is 10.1 Å². The largest absolute Gasteiger partial charge is 0.491 e. The molecule has 1 fully saturated rings. The molecule has 0 atom stereocenters. The molecule has 24 heavy (non-hydrogen) atoms. The van der Waals surface area contributed by atoms with Gasteiger partial charge >= 0.3 is 6.03 Å². The van der Waals surface area contributed by atoms with E-state index in [1.54, 1.807) is 0 Å². The van der Waals surface area contributed by atoms with Gasteiger partial charge in [0.15, 0.2) is 0 Å². The highest BCUT2D eigenvalue weighted by Gasteiger charge is 2.20. The van der Waals surface area contributed by atoms with Gasteiger partial charge in [0.1, 0.15) is 12.4 Å². The van der Waals surface area contributed by atoms with Crippen LogP contribution in [0.5, 0.6) is 5.75 Å². The summed E-state index contributed by atoms with van der Waals surface area (Å²) in [5, 5.41) is 2.88. The molecule has 0 unspecified atom stereocenters. The van der Waals surface area contributed by atoms with Crippen LogP contribution in [0, 0.1) is 0 Å². The van der Waals surface area contributed by atoms with E-state index < -0.39 is 0 Å². The Morgan fingerprint density at radius 1 is 1.17 bits per heavy atom. The number of likely N-dealkylation sites (tertiary alicyclic amines) is 1. The maximum atomic E-state index is 12.2. The van der Waals surface area contributed by atoms with Crippen LogP contribution in [0.1, 0.15) is 43.7 Å². The molecule has 132 valence electrons. The number of nitrogens with one attached hydrogen (secondary N) is 1. The molecule has 1 aromatic rings. The van der Waals surface area contributed by atoms with E-state index in [-0.39, 0.29) is 6.03 Å². The van der Waals surface area contributed by atoms with Gasteiger partial charge in [-0.25, -0.2) is 4.79 Å². The normalized spacial score (nSPS) is 19.0. The summed E-state index contributed by atoms with van der Waals surface area (Å²) in [6.07, 6.45) is 5.32. The zero-order valence-electron chi connectivity index (χ0n) is 14.7. The van der Waals surface area contributed by atoms with Gasteiger partial charge in [-0.15, -0.1) is 0 Å². The summed E-state index contributed by atoms with van der Waals surface area (Å²) in [6.45, 7) is 7.77. The van der Waals surface area contributed by atoms with Crippen LogP contribution >= 0.6 is 0 Å². The van der Waals surface area contributed by atoms with E-state index in [0.29, 0.717) is 26.2 Å². The lowest BCUT2D eigenvalue weighted by Gasteiger charge is -2.22. The number of nitrogens with zero attached hydrogens (tertiary/aromatic N) is 2. The summed E-state index contributed by atoms with van der Waals surface area (Å²) in [4.78, 5) is 16.5. The number of rotatable bonds is 3. The van der Waals surface area contributed by atoms with Crippen LogP contribution in [-0.4, -0.2) is 48.6 Å². The molecule has 2 heterocycles. The first kappa shape index (κ1) is 17.1. The molecule has 0 aromatic heterocycles. The van der Waals surface area contributed by atoms with Gasteiger partial charge in [-0.1, -0.05) is 18.9 Å². The Morgan fingerprint density at radius 3 is 2.71 bits per heavy atom. The van der Waals surface area contributed by atoms with Crippen LogP contribution in [0.2, 0.25) is 0 Å². The fourth-order valence-electron chi connectivity index (χ4n) is 3.53. The summed E-state index contributed by atoms with van der Waals surface area (Å²) in [5.74, 6) is 0.918. The van der Waals surface area contributed by atoms with Crippen molar-refractivity contribution in [3.8, 4) is 5.75 Å². The van der Waals surface area contributed by atoms with E-state index in [4.69, 9.17) is 4.74 Å². The van der Waals surface area contributed by atoms with Crippen molar-refractivity contribution in [2.45, 2.75) is 45.7 Å². The van der Waals surface area contributed by atoms with Crippen molar-refractivity contribution in [2.75, 3.05) is 32.8 Å². The second-order valence-electron chi connectivity index (χ2n) is 6.74. The molecule has 1 saturated heterocycles.